The minimum atomic E-state index is -0.169. The lowest BCUT2D eigenvalue weighted by Crippen LogP contribution is -2.55. The molecular formula is C20H30N8. The Hall–Kier alpha value is -2.68. The summed E-state index contributed by atoms with van der Waals surface area (Å²) >= 11 is 0. The van der Waals surface area contributed by atoms with Gasteiger partial charge in [-0.15, -0.1) is 5.53 Å². The molecule has 8 heteroatoms. The highest BCUT2D eigenvalue weighted by Gasteiger charge is 2.10. The molecule has 0 aliphatic carbocycles. The van der Waals surface area contributed by atoms with E-state index < -0.39 is 0 Å². The molecule has 150 valence electrons. The molecule has 28 heavy (non-hydrogen) atoms. The number of benzene rings is 1. The van der Waals surface area contributed by atoms with Crippen LogP contribution in [0.3, 0.4) is 0 Å². The zero-order valence-electron chi connectivity index (χ0n) is 16.2. The van der Waals surface area contributed by atoms with Crippen LogP contribution in [-0.2, 0) is 6.42 Å². The van der Waals surface area contributed by atoms with Crippen molar-refractivity contribution in [3.63, 3.8) is 0 Å². The van der Waals surface area contributed by atoms with Crippen molar-refractivity contribution < 1.29 is 0 Å². The molecule has 3 rings (SSSR count). The van der Waals surface area contributed by atoms with Crippen LogP contribution < -0.4 is 27.2 Å². The maximum absolute atomic E-state index is 7.67. The molecule has 6 N–H and O–H groups in total. The van der Waals surface area contributed by atoms with Crippen LogP contribution in [0.1, 0.15) is 31.2 Å². The van der Waals surface area contributed by atoms with E-state index in [4.69, 9.17) is 11.1 Å². The largest absolute Gasteiger partial charge is 0.369 e. The minimum Gasteiger partial charge on any atom is -0.369 e. The molecule has 8 nitrogen and oxygen atoms in total. The Kier molecular flexibility index (Phi) is 7.60. The van der Waals surface area contributed by atoms with Gasteiger partial charge in [0.05, 0.1) is 5.69 Å². The number of anilines is 2. The fourth-order valence-corrected chi connectivity index (χ4v) is 3.33. The van der Waals surface area contributed by atoms with E-state index in [0.29, 0.717) is 5.82 Å². The summed E-state index contributed by atoms with van der Waals surface area (Å²) in [6, 6.07) is 13.7. The number of piperidine rings is 1. The van der Waals surface area contributed by atoms with Gasteiger partial charge in [-0.3, -0.25) is 5.41 Å². The average molecular weight is 383 g/mol. The van der Waals surface area contributed by atoms with Gasteiger partial charge in [-0.25, -0.2) is 9.99 Å². The van der Waals surface area contributed by atoms with Crippen molar-refractivity contribution >= 4 is 17.5 Å². The molecule has 2 aromatic rings. The number of likely N-dealkylation sites (tertiary alicyclic amines) is 1. The maximum Gasteiger partial charge on any atom is 0.210 e. The third-order valence-corrected chi connectivity index (χ3v) is 4.84. The normalized spacial score (nSPS) is 14.6. The van der Waals surface area contributed by atoms with Gasteiger partial charge in [0.15, 0.2) is 5.82 Å². The van der Waals surface area contributed by atoms with Crippen LogP contribution in [0.25, 0.3) is 0 Å². The monoisotopic (exact) mass is 382 g/mol. The van der Waals surface area contributed by atoms with E-state index in [1.807, 2.05) is 24.3 Å². The lowest BCUT2D eigenvalue weighted by atomic mass is 10.1. The van der Waals surface area contributed by atoms with E-state index in [1.165, 1.54) is 55.9 Å². The van der Waals surface area contributed by atoms with Crippen LogP contribution in [0.4, 0.5) is 11.5 Å². The van der Waals surface area contributed by atoms with Crippen LogP contribution in [0.15, 0.2) is 48.7 Å². The van der Waals surface area contributed by atoms with Gasteiger partial charge < -0.3 is 16.1 Å². The number of guanidine groups is 1. The Morgan fingerprint density at radius 2 is 1.89 bits per heavy atom. The highest BCUT2D eigenvalue weighted by Crippen LogP contribution is 2.13. The molecule has 0 saturated carbocycles. The first-order chi connectivity index (χ1) is 13.7. The minimum absolute atomic E-state index is 0.169. The predicted octanol–water partition coefficient (Wildman–Crippen LogP) is 2.24. The second-order valence-electron chi connectivity index (χ2n) is 6.97. The first kappa shape index (κ1) is 20.1. The standard InChI is InChI=1S/C20H30N8/c21-20(22)28(19-8-2-3-13-23-19)26-25-24-18-11-9-17(10-12-18)7-6-16-27-14-4-1-5-15-27/h2-3,8-13,24-26H,1,4-7,14-16H2,(H3,21,22). The first-order valence-corrected chi connectivity index (χ1v) is 9.85. The summed E-state index contributed by atoms with van der Waals surface area (Å²) < 4.78 is 0. The van der Waals surface area contributed by atoms with Crippen molar-refractivity contribution in [1.29, 1.82) is 5.41 Å². The van der Waals surface area contributed by atoms with E-state index in [-0.39, 0.29) is 5.96 Å². The number of hydrogen-bond acceptors (Lipinski definition) is 6. The molecule has 0 bridgehead atoms. The van der Waals surface area contributed by atoms with Gasteiger partial charge in [0.2, 0.25) is 5.96 Å². The van der Waals surface area contributed by atoms with Crippen molar-refractivity contribution in [2.75, 3.05) is 30.1 Å². The van der Waals surface area contributed by atoms with E-state index in [2.05, 4.69) is 38.5 Å². The topological polar surface area (TPSA) is 105 Å². The second kappa shape index (κ2) is 10.6. The van der Waals surface area contributed by atoms with Gasteiger partial charge >= 0.3 is 0 Å². The third-order valence-electron chi connectivity index (χ3n) is 4.84. The van der Waals surface area contributed by atoms with E-state index in [0.717, 1.165) is 12.1 Å². The summed E-state index contributed by atoms with van der Waals surface area (Å²) in [7, 11) is 0. The third kappa shape index (κ3) is 6.19. The van der Waals surface area contributed by atoms with E-state index in [9.17, 15) is 0 Å². The summed E-state index contributed by atoms with van der Waals surface area (Å²) in [5, 5.41) is 9.00. The van der Waals surface area contributed by atoms with Gasteiger partial charge in [0.1, 0.15) is 0 Å². The Morgan fingerprint density at radius 3 is 2.57 bits per heavy atom. The van der Waals surface area contributed by atoms with Crippen molar-refractivity contribution in [1.82, 2.24) is 21.0 Å². The highest BCUT2D eigenvalue weighted by atomic mass is 15.8. The molecule has 1 aromatic carbocycles. The SMILES string of the molecule is N=C(N)N(NNNc1ccc(CCCN2CCCCC2)cc1)c1ccccn1. The lowest BCUT2D eigenvalue weighted by Gasteiger charge is -2.26. The Morgan fingerprint density at radius 1 is 1.11 bits per heavy atom. The number of aromatic nitrogens is 1. The summed E-state index contributed by atoms with van der Waals surface area (Å²) in [5.41, 5.74) is 16.6. The molecule has 0 unspecified atom stereocenters. The van der Waals surface area contributed by atoms with Gasteiger partial charge in [0, 0.05) is 6.20 Å². The smallest absolute Gasteiger partial charge is 0.210 e. The summed E-state index contributed by atoms with van der Waals surface area (Å²) in [5.74, 6) is 0.352. The lowest BCUT2D eigenvalue weighted by molar-refractivity contribution is 0.226. The summed E-state index contributed by atoms with van der Waals surface area (Å²) in [4.78, 5) is 6.75. The zero-order chi connectivity index (χ0) is 19.6. The van der Waals surface area contributed by atoms with Crippen LogP contribution in [0.2, 0.25) is 0 Å². The van der Waals surface area contributed by atoms with E-state index >= 15 is 0 Å². The Bertz CT molecular complexity index is 713. The van der Waals surface area contributed by atoms with Crippen molar-refractivity contribution in [3.8, 4) is 0 Å². The molecular weight excluding hydrogens is 352 g/mol. The quantitative estimate of drug-likeness (QED) is 0.257. The maximum atomic E-state index is 7.67. The van der Waals surface area contributed by atoms with Crippen LogP contribution in [0.5, 0.6) is 0 Å². The average Bonchev–Trinajstić information content (AvgIpc) is 2.73. The Balaban J connectivity index is 1.40. The summed E-state index contributed by atoms with van der Waals surface area (Å²) in [6.07, 6.45) is 8.03. The van der Waals surface area contributed by atoms with Gasteiger partial charge in [-0.05, 0) is 75.1 Å². The molecule has 1 saturated heterocycles. The fourth-order valence-electron chi connectivity index (χ4n) is 3.33. The van der Waals surface area contributed by atoms with Crippen molar-refractivity contribution in [2.24, 2.45) is 5.73 Å². The molecule has 0 amide bonds. The molecule has 1 aromatic heterocycles. The number of hydrazine groups is 3. The molecule has 0 radical (unpaired) electrons. The number of nitrogens with zero attached hydrogens (tertiary/aromatic N) is 3. The highest BCUT2D eigenvalue weighted by molar-refractivity contribution is 5.90. The molecule has 1 aliphatic rings. The zero-order valence-corrected chi connectivity index (χ0v) is 16.2. The molecule has 0 spiro atoms. The van der Waals surface area contributed by atoms with Crippen LogP contribution >= 0.6 is 0 Å². The van der Waals surface area contributed by atoms with Crippen LogP contribution in [-0.4, -0.2) is 35.5 Å². The number of nitrogens with one attached hydrogen (secondary N) is 4. The van der Waals surface area contributed by atoms with Crippen molar-refractivity contribution in [2.45, 2.75) is 32.1 Å². The number of nitrogens with two attached hydrogens (primary N) is 1. The Labute approximate surface area is 166 Å². The van der Waals surface area contributed by atoms with Gasteiger partial charge in [-0.1, -0.05) is 24.6 Å². The molecule has 1 fully saturated rings. The first-order valence-electron chi connectivity index (χ1n) is 9.85. The molecule has 2 heterocycles. The second-order valence-corrected chi connectivity index (χ2v) is 6.97. The van der Waals surface area contributed by atoms with Gasteiger partial charge in [-0.2, -0.15) is 5.53 Å². The van der Waals surface area contributed by atoms with Gasteiger partial charge in [0.25, 0.3) is 0 Å². The molecule has 0 atom stereocenters. The number of hydrogen-bond donors (Lipinski definition) is 5. The fraction of sp³-hybridized carbons (Fsp3) is 0.400. The van der Waals surface area contributed by atoms with Crippen molar-refractivity contribution in [3.05, 3.63) is 54.2 Å². The van der Waals surface area contributed by atoms with Crippen LogP contribution in [0, 0.1) is 5.41 Å². The summed E-state index contributed by atoms with van der Waals surface area (Å²) in [6.45, 7) is 3.72. The van der Waals surface area contributed by atoms with E-state index in [1.54, 1.807) is 12.3 Å². The number of pyridine rings is 1. The number of aryl methyl sites for hydroxylation is 1. The predicted molar refractivity (Wildman–Crippen MR) is 114 cm³/mol. The number of rotatable bonds is 9. The molecule has 1 aliphatic heterocycles.